The van der Waals surface area contributed by atoms with Gasteiger partial charge in [-0.15, -0.1) is 11.3 Å². The summed E-state index contributed by atoms with van der Waals surface area (Å²) in [6.45, 7) is 14.6. The van der Waals surface area contributed by atoms with Gasteiger partial charge in [-0.2, -0.15) is 11.8 Å². The molecule has 1 aromatic rings. The molecular weight excluding hydrogens is 298 g/mol. The van der Waals surface area contributed by atoms with Crippen LogP contribution in [0.3, 0.4) is 0 Å². The van der Waals surface area contributed by atoms with Crippen molar-refractivity contribution in [3.8, 4) is 0 Å². The molecule has 1 saturated heterocycles. The maximum absolute atomic E-state index is 4.78. The van der Waals surface area contributed by atoms with Gasteiger partial charge in [-0.3, -0.25) is 4.90 Å². The van der Waals surface area contributed by atoms with Gasteiger partial charge in [0.1, 0.15) is 5.01 Å². The highest BCUT2D eigenvalue weighted by molar-refractivity contribution is 8.00. The van der Waals surface area contributed by atoms with Gasteiger partial charge >= 0.3 is 0 Å². The van der Waals surface area contributed by atoms with Gasteiger partial charge in [-0.1, -0.05) is 27.7 Å². The third kappa shape index (κ3) is 6.27. The molecule has 0 aliphatic carbocycles. The van der Waals surface area contributed by atoms with Crippen molar-refractivity contribution in [2.45, 2.75) is 52.0 Å². The maximum atomic E-state index is 4.78. The Morgan fingerprint density at radius 3 is 2.95 bits per heavy atom. The molecule has 0 unspecified atom stereocenters. The number of thiazole rings is 1. The largest absolute Gasteiger partial charge is 0.310 e. The summed E-state index contributed by atoms with van der Waals surface area (Å²) in [6, 6.07) is 0. The number of hydrogen-bond acceptors (Lipinski definition) is 5. The van der Waals surface area contributed by atoms with Crippen LogP contribution in [0.15, 0.2) is 5.38 Å². The van der Waals surface area contributed by atoms with Gasteiger partial charge in [0, 0.05) is 35.5 Å². The van der Waals surface area contributed by atoms with Crippen LogP contribution in [0, 0.1) is 5.92 Å². The summed E-state index contributed by atoms with van der Waals surface area (Å²) in [5.74, 6) is 1.93. The van der Waals surface area contributed by atoms with Crippen molar-refractivity contribution in [1.29, 1.82) is 0 Å². The van der Waals surface area contributed by atoms with Gasteiger partial charge in [0.25, 0.3) is 0 Å². The first-order valence-electron chi connectivity index (χ1n) is 7.95. The third-order valence-electron chi connectivity index (χ3n) is 3.74. The van der Waals surface area contributed by atoms with E-state index >= 15 is 0 Å². The van der Waals surface area contributed by atoms with E-state index in [4.69, 9.17) is 4.98 Å². The van der Waals surface area contributed by atoms with Gasteiger partial charge in [-0.25, -0.2) is 4.98 Å². The van der Waals surface area contributed by atoms with Crippen LogP contribution in [0.25, 0.3) is 0 Å². The second kappa shape index (κ2) is 7.95. The van der Waals surface area contributed by atoms with E-state index in [9.17, 15) is 0 Å². The van der Waals surface area contributed by atoms with E-state index in [-0.39, 0.29) is 0 Å². The Morgan fingerprint density at radius 2 is 2.19 bits per heavy atom. The molecule has 2 rings (SSSR count). The summed E-state index contributed by atoms with van der Waals surface area (Å²) in [4.78, 5) is 7.33. The van der Waals surface area contributed by atoms with Crippen molar-refractivity contribution in [3.63, 3.8) is 0 Å². The summed E-state index contributed by atoms with van der Waals surface area (Å²) in [6.07, 6.45) is 1.27. The molecule has 0 radical (unpaired) electrons. The number of hydrogen-bond donors (Lipinski definition) is 1. The van der Waals surface area contributed by atoms with Crippen molar-refractivity contribution < 1.29 is 0 Å². The molecule has 2 heterocycles. The molecule has 21 heavy (non-hydrogen) atoms. The highest BCUT2D eigenvalue weighted by Crippen LogP contribution is 2.31. The minimum absolute atomic E-state index is 0.433. The first-order chi connectivity index (χ1) is 9.94. The molecule has 1 aromatic heterocycles. The van der Waals surface area contributed by atoms with Crippen LogP contribution < -0.4 is 5.32 Å². The van der Waals surface area contributed by atoms with E-state index in [1.165, 1.54) is 36.0 Å². The van der Waals surface area contributed by atoms with E-state index in [0.717, 1.165) is 19.6 Å². The van der Waals surface area contributed by atoms with Gasteiger partial charge < -0.3 is 5.32 Å². The van der Waals surface area contributed by atoms with Gasteiger partial charge in [-0.05, 0) is 25.4 Å². The molecule has 0 saturated carbocycles. The molecule has 120 valence electrons. The lowest BCUT2D eigenvalue weighted by atomic mass is 10.1. The Hall–Kier alpha value is -0.100. The van der Waals surface area contributed by atoms with Crippen molar-refractivity contribution in [2.75, 3.05) is 25.4 Å². The molecule has 0 spiro atoms. The topological polar surface area (TPSA) is 28.2 Å². The molecule has 1 N–H and O–H groups in total. The van der Waals surface area contributed by atoms with Crippen LogP contribution >= 0.6 is 23.1 Å². The summed E-state index contributed by atoms with van der Waals surface area (Å²) in [7, 11) is 0. The summed E-state index contributed by atoms with van der Waals surface area (Å²) in [5.41, 5.74) is 1.24. The van der Waals surface area contributed by atoms with Crippen LogP contribution in [-0.4, -0.2) is 40.0 Å². The van der Waals surface area contributed by atoms with Crippen LogP contribution in [0.4, 0.5) is 0 Å². The molecule has 1 fully saturated rings. The van der Waals surface area contributed by atoms with Crippen molar-refractivity contribution in [3.05, 3.63) is 16.1 Å². The number of rotatable bonds is 6. The zero-order valence-electron chi connectivity index (χ0n) is 13.8. The van der Waals surface area contributed by atoms with Crippen molar-refractivity contribution in [2.24, 2.45) is 5.92 Å². The Balaban J connectivity index is 1.79. The second-order valence-corrected chi connectivity index (χ2v) is 9.64. The lowest BCUT2D eigenvalue weighted by molar-refractivity contribution is 0.273. The molecule has 0 aromatic carbocycles. The van der Waals surface area contributed by atoms with Gasteiger partial charge in [0.15, 0.2) is 0 Å². The molecule has 1 aliphatic heterocycles. The zero-order valence-corrected chi connectivity index (χ0v) is 15.4. The molecule has 5 heteroatoms. The van der Waals surface area contributed by atoms with Crippen LogP contribution in [0.5, 0.6) is 0 Å². The lowest BCUT2D eigenvalue weighted by Gasteiger charge is -2.22. The predicted octanol–water partition coefficient (Wildman–Crippen LogP) is 3.61. The molecule has 1 aliphatic rings. The van der Waals surface area contributed by atoms with E-state index in [1.54, 1.807) is 11.3 Å². The van der Waals surface area contributed by atoms with Crippen LogP contribution in [0.1, 0.15) is 44.8 Å². The van der Waals surface area contributed by atoms with Gasteiger partial charge in [0.05, 0.1) is 5.69 Å². The Kier molecular flexibility index (Phi) is 6.53. The fraction of sp³-hybridized carbons (Fsp3) is 0.812. The lowest BCUT2D eigenvalue weighted by Crippen LogP contribution is -2.27. The van der Waals surface area contributed by atoms with E-state index < -0.39 is 0 Å². The number of nitrogens with zero attached hydrogens (tertiary/aromatic N) is 2. The molecule has 3 nitrogen and oxygen atoms in total. The maximum Gasteiger partial charge on any atom is 0.107 e. The van der Waals surface area contributed by atoms with Crippen LogP contribution in [-0.2, 0) is 13.1 Å². The Bertz CT molecular complexity index is 429. The van der Waals surface area contributed by atoms with Gasteiger partial charge in [0.2, 0.25) is 0 Å². The normalized spacial score (nSPS) is 19.9. The SMILES string of the molecule is CC(C)CNCc1nc(CN2CCSC(C)(C)CC2)cs1. The average molecular weight is 328 g/mol. The number of nitrogens with one attached hydrogen (secondary N) is 1. The summed E-state index contributed by atoms with van der Waals surface area (Å²) < 4.78 is 0.433. The minimum atomic E-state index is 0.433. The van der Waals surface area contributed by atoms with E-state index in [2.05, 4.69) is 55.1 Å². The minimum Gasteiger partial charge on any atom is -0.310 e. The zero-order chi connectivity index (χ0) is 15.3. The number of aromatic nitrogens is 1. The van der Waals surface area contributed by atoms with Crippen molar-refractivity contribution in [1.82, 2.24) is 15.2 Å². The quantitative estimate of drug-likeness (QED) is 0.864. The Morgan fingerprint density at radius 1 is 1.38 bits per heavy atom. The smallest absolute Gasteiger partial charge is 0.107 e. The summed E-state index contributed by atoms with van der Waals surface area (Å²) >= 11 is 3.89. The molecular formula is C16H29N3S2. The first kappa shape index (κ1) is 17.3. The third-order valence-corrected chi connectivity index (χ3v) is 6.01. The highest BCUT2D eigenvalue weighted by atomic mass is 32.2. The predicted molar refractivity (Wildman–Crippen MR) is 95.1 cm³/mol. The first-order valence-corrected chi connectivity index (χ1v) is 9.81. The average Bonchev–Trinajstić information content (AvgIpc) is 2.75. The van der Waals surface area contributed by atoms with Crippen molar-refractivity contribution >= 4 is 23.1 Å². The molecule has 0 atom stereocenters. The highest BCUT2D eigenvalue weighted by Gasteiger charge is 2.23. The molecule has 0 amide bonds. The fourth-order valence-corrected chi connectivity index (χ4v) is 4.31. The Labute approximate surface area is 137 Å². The monoisotopic (exact) mass is 327 g/mol. The molecule has 0 bridgehead atoms. The van der Waals surface area contributed by atoms with Crippen LogP contribution in [0.2, 0.25) is 0 Å². The summed E-state index contributed by atoms with van der Waals surface area (Å²) in [5, 5.41) is 6.92. The number of thioether (sulfide) groups is 1. The standard InChI is InChI=1S/C16H29N3S2/c1-13(2)9-17-10-15-18-14(12-20-15)11-19-6-5-16(3,4)21-8-7-19/h12-13,17H,5-11H2,1-4H3. The van der Waals surface area contributed by atoms with E-state index in [0.29, 0.717) is 10.7 Å². The fourth-order valence-electron chi connectivity index (χ4n) is 2.42. The second-order valence-electron chi connectivity index (χ2n) is 6.89. The van der Waals surface area contributed by atoms with E-state index in [1.807, 2.05) is 0 Å².